The molecule has 6 nitrogen and oxygen atoms in total. The molecule has 0 bridgehead atoms. The number of halogens is 4. The molecule has 2 atom stereocenters. The summed E-state index contributed by atoms with van der Waals surface area (Å²) in [6, 6.07) is 3.35. The van der Waals surface area contributed by atoms with Crippen molar-refractivity contribution in [3.05, 3.63) is 48.0 Å². The van der Waals surface area contributed by atoms with Crippen molar-refractivity contribution in [3.8, 4) is 11.1 Å². The molecule has 1 fully saturated rings. The quantitative estimate of drug-likeness (QED) is 0.618. The van der Waals surface area contributed by atoms with Crippen molar-refractivity contribution in [2.24, 2.45) is 5.73 Å². The smallest absolute Gasteiger partial charge is 0.377 e. The number of nitrogens with two attached hydrogens (primary N) is 1. The van der Waals surface area contributed by atoms with Crippen LogP contribution in [0.3, 0.4) is 0 Å². The Hall–Kier alpha value is -3.17. The van der Waals surface area contributed by atoms with Gasteiger partial charge in [0.25, 0.3) is 5.91 Å². The number of nitrogens with zero attached hydrogens (tertiary/aromatic N) is 3. The van der Waals surface area contributed by atoms with Gasteiger partial charge < -0.3 is 11.1 Å². The van der Waals surface area contributed by atoms with E-state index in [0.717, 1.165) is 12.3 Å². The standard InChI is InChI=1S/C20H19F4N5O/c1-19(21)6-2-3-15(19)28-17-13(18(25)30)9-27-29-10-12(7-14(17)29)11-4-5-16(26-8-11)20(22,23)24/h4-5,7-10,15,28H,2-3,6H2,1H3,(H2,25,30)/t15-,19+/m1/s1. The molecule has 4 rings (SSSR count). The number of anilines is 1. The lowest BCUT2D eigenvalue weighted by molar-refractivity contribution is -0.141. The summed E-state index contributed by atoms with van der Waals surface area (Å²) >= 11 is 0. The van der Waals surface area contributed by atoms with Gasteiger partial charge in [0.15, 0.2) is 0 Å². The number of primary amides is 1. The zero-order valence-electron chi connectivity index (χ0n) is 16.0. The molecule has 1 amide bonds. The Morgan fingerprint density at radius 3 is 2.63 bits per heavy atom. The third-order valence-corrected chi connectivity index (χ3v) is 5.49. The van der Waals surface area contributed by atoms with Crippen LogP contribution in [0.2, 0.25) is 0 Å². The van der Waals surface area contributed by atoms with E-state index >= 15 is 0 Å². The summed E-state index contributed by atoms with van der Waals surface area (Å²) in [6.45, 7) is 1.51. The number of carbonyl (C=O) groups is 1. The van der Waals surface area contributed by atoms with Gasteiger partial charge in [0.05, 0.1) is 29.0 Å². The number of amides is 1. The number of aromatic nitrogens is 3. The van der Waals surface area contributed by atoms with E-state index in [2.05, 4.69) is 15.4 Å². The van der Waals surface area contributed by atoms with E-state index in [1.807, 2.05) is 0 Å². The Bertz CT molecular complexity index is 1100. The average molecular weight is 421 g/mol. The van der Waals surface area contributed by atoms with E-state index in [0.29, 0.717) is 41.6 Å². The number of pyridine rings is 1. The number of nitrogens with one attached hydrogen (secondary N) is 1. The van der Waals surface area contributed by atoms with Crippen molar-refractivity contribution in [2.45, 2.75) is 44.1 Å². The molecule has 3 aromatic heterocycles. The summed E-state index contributed by atoms with van der Waals surface area (Å²) in [5, 5.41) is 7.28. The zero-order valence-corrected chi connectivity index (χ0v) is 16.0. The molecular weight excluding hydrogens is 402 g/mol. The van der Waals surface area contributed by atoms with Gasteiger partial charge in [0, 0.05) is 23.5 Å². The molecule has 0 saturated heterocycles. The van der Waals surface area contributed by atoms with Gasteiger partial charge >= 0.3 is 6.18 Å². The van der Waals surface area contributed by atoms with E-state index < -0.39 is 29.5 Å². The second-order valence-electron chi connectivity index (χ2n) is 7.65. The van der Waals surface area contributed by atoms with Crippen molar-refractivity contribution >= 4 is 17.1 Å². The highest BCUT2D eigenvalue weighted by Gasteiger charge is 2.39. The maximum Gasteiger partial charge on any atom is 0.433 e. The lowest BCUT2D eigenvalue weighted by Crippen LogP contribution is -2.36. The maximum absolute atomic E-state index is 14.8. The highest BCUT2D eigenvalue weighted by atomic mass is 19.4. The fourth-order valence-electron chi connectivity index (χ4n) is 3.81. The van der Waals surface area contributed by atoms with E-state index in [9.17, 15) is 22.4 Å². The minimum atomic E-state index is -4.53. The summed E-state index contributed by atoms with van der Waals surface area (Å²) in [7, 11) is 0. The second kappa shape index (κ2) is 6.96. The number of alkyl halides is 4. The van der Waals surface area contributed by atoms with E-state index in [1.165, 1.54) is 23.7 Å². The van der Waals surface area contributed by atoms with Crippen LogP contribution in [-0.2, 0) is 6.18 Å². The molecule has 158 valence electrons. The largest absolute Gasteiger partial charge is 0.433 e. The van der Waals surface area contributed by atoms with Gasteiger partial charge in [-0.2, -0.15) is 18.3 Å². The molecular formula is C20H19F4N5O. The lowest BCUT2D eigenvalue weighted by atomic mass is 10.0. The lowest BCUT2D eigenvalue weighted by Gasteiger charge is -2.26. The predicted octanol–water partition coefficient (Wildman–Crippen LogP) is 4.21. The maximum atomic E-state index is 14.8. The highest BCUT2D eigenvalue weighted by molar-refractivity contribution is 6.02. The molecule has 0 aliphatic heterocycles. The summed E-state index contributed by atoms with van der Waals surface area (Å²) in [5.41, 5.74) is 4.96. The van der Waals surface area contributed by atoms with Crippen LogP contribution < -0.4 is 11.1 Å². The van der Waals surface area contributed by atoms with Crippen LogP contribution in [-0.4, -0.2) is 32.2 Å². The minimum absolute atomic E-state index is 0.111. The first-order valence-electron chi connectivity index (χ1n) is 9.36. The number of carbonyl (C=O) groups excluding carboxylic acids is 1. The summed E-state index contributed by atoms with van der Waals surface area (Å²) in [5.74, 6) is -0.718. The minimum Gasteiger partial charge on any atom is -0.377 e. The van der Waals surface area contributed by atoms with Crippen LogP contribution in [0.1, 0.15) is 42.2 Å². The van der Waals surface area contributed by atoms with Gasteiger partial charge in [-0.1, -0.05) is 6.07 Å². The van der Waals surface area contributed by atoms with Gasteiger partial charge in [-0.05, 0) is 38.3 Å². The monoisotopic (exact) mass is 421 g/mol. The van der Waals surface area contributed by atoms with Gasteiger partial charge in [0.2, 0.25) is 0 Å². The Balaban J connectivity index is 1.78. The molecule has 0 unspecified atom stereocenters. The number of hydrogen-bond donors (Lipinski definition) is 2. The van der Waals surface area contributed by atoms with Gasteiger partial charge in [-0.15, -0.1) is 0 Å². The molecule has 10 heteroatoms. The first-order valence-corrected chi connectivity index (χ1v) is 9.36. The van der Waals surface area contributed by atoms with Crippen LogP contribution in [0.25, 0.3) is 16.6 Å². The fourth-order valence-corrected chi connectivity index (χ4v) is 3.81. The van der Waals surface area contributed by atoms with Crippen LogP contribution in [0, 0.1) is 0 Å². The summed E-state index contributed by atoms with van der Waals surface area (Å²) < 4.78 is 54.5. The van der Waals surface area contributed by atoms with Crippen molar-refractivity contribution < 1.29 is 22.4 Å². The van der Waals surface area contributed by atoms with Crippen molar-refractivity contribution in [3.63, 3.8) is 0 Å². The first kappa shape index (κ1) is 20.1. The van der Waals surface area contributed by atoms with E-state index in [1.54, 1.807) is 12.3 Å². The molecule has 3 heterocycles. The van der Waals surface area contributed by atoms with Crippen molar-refractivity contribution in [1.29, 1.82) is 0 Å². The van der Waals surface area contributed by atoms with Crippen LogP contribution in [0.4, 0.5) is 23.2 Å². The van der Waals surface area contributed by atoms with E-state index in [-0.39, 0.29) is 5.56 Å². The number of rotatable bonds is 4. The fraction of sp³-hybridized carbons (Fsp3) is 0.350. The summed E-state index contributed by atoms with van der Waals surface area (Å²) in [6.07, 6.45) is 1.18. The van der Waals surface area contributed by atoms with Crippen molar-refractivity contribution in [2.75, 3.05) is 5.32 Å². The topological polar surface area (TPSA) is 85.3 Å². The highest BCUT2D eigenvalue weighted by Crippen LogP contribution is 2.37. The third-order valence-electron chi connectivity index (χ3n) is 5.49. The molecule has 1 saturated carbocycles. The SMILES string of the molecule is C[C@]1(F)CCC[C@H]1Nc1c(C(N)=O)cnn2cc(-c3ccc(C(F)(F)F)nc3)cc12. The molecule has 0 aromatic carbocycles. The normalized spacial score (nSPS) is 21.8. The molecule has 30 heavy (non-hydrogen) atoms. The average Bonchev–Trinajstić information content (AvgIpc) is 3.24. The number of hydrogen-bond acceptors (Lipinski definition) is 4. The van der Waals surface area contributed by atoms with Crippen LogP contribution in [0.15, 0.2) is 36.8 Å². The van der Waals surface area contributed by atoms with Gasteiger partial charge in [0.1, 0.15) is 11.4 Å². The van der Waals surface area contributed by atoms with Crippen molar-refractivity contribution in [1.82, 2.24) is 14.6 Å². The second-order valence-corrected chi connectivity index (χ2v) is 7.65. The van der Waals surface area contributed by atoms with Gasteiger partial charge in [-0.25, -0.2) is 8.91 Å². The Kier molecular flexibility index (Phi) is 4.67. The molecule has 1 aliphatic carbocycles. The third kappa shape index (κ3) is 3.57. The molecule has 1 aliphatic rings. The predicted molar refractivity (Wildman–Crippen MR) is 103 cm³/mol. The molecule has 3 N–H and O–H groups in total. The van der Waals surface area contributed by atoms with Crippen LogP contribution >= 0.6 is 0 Å². The van der Waals surface area contributed by atoms with Gasteiger partial charge in [-0.3, -0.25) is 9.78 Å². The summed E-state index contributed by atoms with van der Waals surface area (Å²) in [4.78, 5) is 15.4. The number of fused-ring (bicyclic) bond motifs is 1. The molecule has 3 aromatic rings. The zero-order chi connectivity index (χ0) is 21.7. The first-order chi connectivity index (χ1) is 14.1. The molecule has 0 radical (unpaired) electrons. The Morgan fingerprint density at radius 2 is 2.07 bits per heavy atom. The van der Waals surface area contributed by atoms with E-state index in [4.69, 9.17) is 5.73 Å². The van der Waals surface area contributed by atoms with Crippen LogP contribution in [0.5, 0.6) is 0 Å². The molecule has 0 spiro atoms. The Labute approximate surface area is 169 Å². The Morgan fingerprint density at radius 1 is 1.30 bits per heavy atom.